The van der Waals surface area contributed by atoms with Crippen LogP contribution in [0.1, 0.15) is 49.4 Å². The highest BCUT2D eigenvalue weighted by Gasteiger charge is 2.37. The smallest absolute Gasteiger partial charge is 0.421 e. The third-order valence-electron chi connectivity index (χ3n) is 3.90. The largest absolute Gasteiger partial charge is 0.491 e. The molecule has 4 nitrogen and oxygen atoms in total. The van der Waals surface area contributed by atoms with E-state index in [9.17, 15) is 18.0 Å². The summed E-state index contributed by atoms with van der Waals surface area (Å²) in [6, 6.07) is 7.85. The molecule has 0 unspecified atom stereocenters. The molecule has 3 rings (SSSR count). The van der Waals surface area contributed by atoms with E-state index >= 15 is 0 Å². The summed E-state index contributed by atoms with van der Waals surface area (Å²) in [5, 5.41) is 4.16. The minimum absolute atomic E-state index is 0.0172. The van der Waals surface area contributed by atoms with E-state index in [1.807, 2.05) is 13.8 Å². The van der Waals surface area contributed by atoms with Gasteiger partial charge in [0, 0.05) is 5.92 Å². The number of nitrogens with zero attached hydrogens (tertiary/aromatic N) is 2. The van der Waals surface area contributed by atoms with E-state index in [1.165, 1.54) is 0 Å². The van der Waals surface area contributed by atoms with Crippen molar-refractivity contribution in [1.29, 1.82) is 0 Å². The first-order valence-electron chi connectivity index (χ1n) is 8.19. The van der Waals surface area contributed by atoms with Gasteiger partial charge in [-0.1, -0.05) is 12.1 Å². The SMILES string of the molecule is CC(C)Oc1cccc(Cn2nc(C3CC3)cc(C(F)(F)F)c2=O)c1. The first kappa shape index (κ1) is 17.5. The van der Waals surface area contributed by atoms with Crippen molar-refractivity contribution in [3.05, 3.63) is 57.5 Å². The molecule has 1 aromatic heterocycles. The van der Waals surface area contributed by atoms with Gasteiger partial charge in [0.05, 0.1) is 18.3 Å². The summed E-state index contributed by atoms with van der Waals surface area (Å²) in [5.74, 6) is 0.624. The molecular formula is C18H19F3N2O2. The van der Waals surface area contributed by atoms with E-state index in [4.69, 9.17) is 4.74 Å². The molecule has 1 aliphatic carbocycles. The van der Waals surface area contributed by atoms with Crippen molar-refractivity contribution in [2.75, 3.05) is 0 Å². The number of alkyl halides is 3. The molecule has 1 aliphatic rings. The number of rotatable bonds is 5. The Hall–Kier alpha value is -2.31. The number of benzene rings is 1. The molecule has 0 N–H and O–H groups in total. The molecule has 134 valence electrons. The molecule has 0 atom stereocenters. The second-order valence-corrected chi connectivity index (χ2v) is 6.53. The van der Waals surface area contributed by atoms with Crippen molar-refractivity contribution in [2.24, 2.45) is 0 Å². The van der Waals surface area contributed by atoms with Crippen LogP contribution in [0, 0.1) is 0 Å². The predicted molar refractivity (Wildman–Crippen MR) is 86.8 cm³/mol. The maximum atomic E-state index is 13.2. The number of hydrogen-bond donors (Lipinski definition) is 0. The first-order valence-corrected chi connectivity index (χ1v) is 8.19. The summed E-state index contributed by atoms with van der Waals surface area (Å²) in [6.07, 6.45) is -3.10. The van der Waals surface area contributed by atoms with Crippen LogP contribution in [-0.4, -0.2) is 15.9 Å². The molecule has 0 bridgehead atoms. The summed E-state index contributed by atoms with van der Waals surface area (Å²) in [7, 11) is 0. The predicted octanol–water partition coefficient (Wildman–Crippen LogP) is 3.98. The van der Waals surface area contributed by atoms with Gasteiger partial charge >= 0.3 is 6.18 Å². The average molecular weight is 352 g/mol. The van der Waals surface area contributed by atoms with E-state index < -0.39 is 17.3 Å². The summed E-state index contributed by atoms with van der Waals surface area (Å²) in [4.78, 5) is 12.2. The van der Waals surface area contributed by atoms with Gasteiger partial charge in [0.2, 0.25) is 0 Å². The fourth-order valence-corrected chi connectivity index (χ4v) is 2.61. The summed E-state index contributed by atoms with van der Waals surface area (Å²) in [5.41, 5.74) is -1.28. The van der Waals surface area contributed by atoms with Crippen molar-refractivity contribution in [3.63, 3.8) is 0 Å². The maximum Gasteiger partial charge on any atom is 0.421 e. The molecule has 1 heterocycles. The zero-order valence-electron chi connectivity index (χ0n) is 14.0. The lowest BCUT2D eigenvalue weighted by Gasteiger charge is -2.14. The highest BCUT2D eigenvalue weighted by Crippen LogP contribution is 2.40. The van der Waals surface area contributed by atoms with Crippen molar-refractivity contribution in [3.8, 4) is 5.75 Å². The lowest BCUT2D eigenvalue weighted by molar-refractivity contribution is -0.139. The fourth-order valence-electron chi connectivity index (χ4n) is 2.61. The number of aromatic nitrogens is 2. The Labute approximate surface area is 143 Å². The lowest BCUT2D eigenvalue weighted by Crippen LogP contribution is -2.31. The summed E-state index contributed by atoms with van der Waals surface area (Å²) >= 11 is 0. The van der Waals surface area contributed by atoms with Gasteiger partial charge in [-0.25, -0.2) is 4.68 Å². The van der Waals surface area contributed by atoms with E-state index in [2.05, 4.69) is 5.10 Å². The van der Waals surface area contributed by atoms with Crippen LogP contribution in [-0.2, 0) is 12.7 Å². The third-order valence-corrected chi connectivity index (χ3v) is 3.90. The second kappa shape index (κ2) is 6.54. The normalized spacial score (nSPS) is 14.8. The van der Waals surface area contributed by atoms with Gasteiger partial charge < -0.3 is 4.74 Å². The van der Waals surface area contributed by atoms with E-state index in [0.717, 1.165) is 23.6 Å². The average Bonchev–Trinajstić information content (AvgIpc) is 3.32. The molecule has 0 radical (unpaired) electrons. The molecule has 0 amide bonds. The minimum Gasteiger partial charge on any atom is -0.491 e. The molecule has 2 aromatic rings. The molecule has 7 heteroatoms. The van der Waals surface area contributed by atoms with Crippen LogP contribution in [0.15, 0.2) is 35.1 Å². The fraction of sp³-hybridized carbons (Fsp3) is 0.444. The van der Waals surface area contributed by atoms with Crippen LogP contribution >= 0.6 is 0 Å². The van der Waals surface area contributed by atoms with Gasteiger partial charge in [-0.05, 0) is 50.5 Å². The van der Waals surface area contributed by atoms with Gasteiger partial charge in [-0.15, -0.1) is 0 Å². The van der Waals surface area contributed by atoms with Crippen molar-refractivity contribution in [2.45, 2.75) is 51.4 Å². The Bertz CT molecular complexity index is 824. The Balaban J connectivity index is 1.97. The standard InChI is InChI=1S/C18H19F3N2O2/c1-11(2)25-14-5-3-4-12(8-14)10-23-17(24)15(18(19,20)21)9-16(22-23)13-6-7-13/h3-5,8-9,11,13H,6-7,10H2,1-2H3. The topological polar surface area (TPSA) is 44.1 Å². The zero-order valence-corrected chi connectivity index (χ0v) is 14.0. The second-order valence-electron chi connectivity index (χ2n) is 6.53. The monoisotopic (exact) mass is 352 g/mol. The van der Waals surface area contributed by atoms with Crippen LogP contribution in [0.2, 0.25) is 0 Å². The molecule has 0 spiro atoms. The molecular weight excluding hydrogens is 333 g/mol. The van der Waals surface area contributed by atoms with Crippen LogP contribution in [0.5, 0.6) is 5.75 Å². The summed E-state index contributed by atoms with van der Waals surface area (Å²) in [6.45, 7) is 3.73. The van der Waals surface area contributed by atoms with E-state index in [1.54, 1.807) is 24.3 Å². The molecule has 1 fully saturated rings. The van der Waals surface area contributed by atoms with E-state index in [0.29, 0.717) is 17.0 Å². The Morgan fingerprint density at radius 3 is 2.60 bits per heavy atom. The van der Waals surface area contributed by atoms with Gasteiger partial charge in [0.25, 0.3) is 5.56 Å². The molecule has 1 aromatic carbocycles. The van der Waals surface area contributed by atoms with Gasteiger partial charge in [-0.2, -0.15) is 18.3 Å². The van der Waals surface area contributed by atoms with Crippen LogP contribution in [0.4, 0.5) is 13.2 Å². The Morgan fingerprint density at radius 2 is 2.00 bits per heavy atom. The van der Waals surface area contributed by atoms with Crippen LogP contribution < -0.4 is 10.3 Å². The number of hydrogen-bond acceptors (Lipinski definition) is 3. The minimum atomic E-state index is -4.69. The molecule has 1 saturated carbocycles. The number of ether oxygens (including phenoxy) is 1. The lowest BCUT2D eigenvalue weighted by atomic mass is 10.2. The molecule has 25 heavy (non-hydrogen) atoms. The highest BCUT2D eigenvalue weighted by molar-refractivity contribution is 5.29. The van der Waals surface area contributed by atoms with Gasteiger partial charge in [0.15, 0.2) is 0 Å². The zero-order chi connectivity index (χ0) is 18.2. The Morgan fingerprint density at radius 1 is 1.28 bits per heavy atom. The Kier molecular flexibility index (Phi) is 4.58. The first-order chi connectivity index (χ1) is 11.7. The van der Waals surface area contributed by atoms with Crippen molar-refractivity contribution < 1.29 is 17.9 Å². The van der Waals surface area contributed by atoms with Crippen LogP contribution in [0.3, 0.4) is 0 Å². The third kappa shape index (κ3) is 4.21. The molecule has 0 saturated heterocycles. The van der Waals surface area contributed by atoms with Crippen LogP contribution in [0.25, 0.3) is 0 Å². The van der Waals surface area contributed by atoms with Crippen molar-refractivity contribution in [1.82, 2.24) is 9.78 Å². The maximum absolute atomic E-state index is 13.2. The van der Waals surface area contributed by atoms with Gasteiger partial charge in [0.1, 0.15) is 11.3 Å². The van der Waals surface area contributed by atoms with E-state index in [-0.39, 0.29) is 18.6 Å². The highest BCUT2D eigenvalue weighted by atomic mass is 19.4. The van der Waals surface area contributed by atoms with Gasteiger partial charge in [-0.3, -0.25) is 4.79 Å². The quantitative estimate of drug-likeness (QED) is 0.818. The summed E-state index contributed by atoms with van der Waals surface area (Å²) < 4.78 is 46.0. The molecule has 0 aliphatic heterocycles. The number of halogens is 3. The van der Waals surface area contributed by atoms with Crippen molar-refractivity contribution >= 4 is 0 Å².